The van der Waals surface area contributed by atoms with Crippen LogP contribution < -0.4 is 10.5 Å². The van der Waals surface area contributed by atoms with Crippen molar-refractivity contribution in [1.82, 2.24) is 4.98 Å². The van der Waals surface area contributed by atoms with Crippen molar-refractivity contribution < 1.29 is 14.6 Å². The second-order valence-corrected chi connectivity index (χ2v) is 4.24. The van der Waals surface area contributed by atoms with Gasteiger partial charge in [-0.1, -0.05) is 23.2 Å². The van der Waals surface area contributed by atoms with E-state index in [-0.39, 0.29) is 27.5 Å². The monoisotopic (exact) mass is 262 g/mol. The number of ether oxygens (including phenoxy) is 1. The van der Waals surface area contributed by atoms with Crippen molar-refractivity contribution in [3.8, 4) is 5.88 Å². The number of hydrogen-bond donors (Lipinski definition) is 2. The average molecular weight is 263 g/mol. The summed E-state index contributed by atoms with van der Waals surface area (Å²) in [7, 11) is 0. The standard InChI is InChI=1S/C9H8Cl2N2O3/c10-4-6(12)5(11)8(16-9(14)15)13-7(4)3-1-2-3/h3H,1-2H2,(H2,12,13)(H,14,15). The van der Waals surface area contributed by atoms with Gasteiger partial charge in [-0.25, -0.2) is 9.78 Å². The summed E-state index contributed by atoms with van der Waals surface area (Å²) < 4.78 is 4.43. The lowest BCUT2D eigenvalue weighted by Gasteiger charge is -2.10. The molecule has 86 valence electrons. The summed E-state index contributed by atoms with van der Waals surface area (Å²) in [5, 5.41) is 8.71. The van der Waals surface area contributed by atoms with Gasteiger partial charge < -0.3 is 15.6 Å². The Morgan fingerprint density at radius 2 is 2.06 bits per heavy atom. The van der Waals surface area contributed by atoms with E-state index in [1.165, 1.54) is 0 Å². The Morgan fingerprint density at radius 3 is 2.56 bits per heavy atom. The first-order valence-electron chi connectivity index (χ1n) is 4.56. The molecule has 1 aromatic heterocycles. The molecule has 16 heavy (non-hydrogen) atoms. The molecule has 0 aliphatic heterocycles. The lowest BCUT2D eigenvalue weighted by Crippen LogP contribution is -2.08. The molecular formula is C9H8Cl2N2O3. The van der Waals surface area contributed by atoms with Crippen LogP contribution in [0, 0.1) is 0 Å². The quantitative estimate of drug-likeness (QED) is 0.801. The lowest BCUT2D eigenvalue weighted by atomic mass is 10.2. The van der Waals surface area contributed by atoms with E-state index in [1.54, 1.807) is 0 Å². The average Bonchev–Trinajstić information content (AvgIpc) is 3.02. The molecular weight excluding hydrogens is 255 g/mol. The molecule has 0 amide bonds. The van der Waals surface area contributed by atoms with Crippen molar-refractivity contribution in [2.75, 3.05) is 5.73 Å². The zero-order chi connectivity index (χ0) is 11.9. The molecule has 0 spiro atoms. The number of nitrogens with zero attached hydrogens (tertiary/aromatic N) is 1. The van der Waals surface area contributed by atoms with Crippen molar-refractivity contribution in [3.05, 3.63) is 15.7 Å². The molecule has 7 heteroatoms. The zero-order valence-corrected chi connectivity index (χ0v) is 9.55. The van der Waals surface area contributed by atoms with Crippen LogP contribution in [0.5, 0.6) is 5.88 Å². The van der Waals surface area contributed by atoms with E-state index in [1.807, 2.05) is 0 Å². The molecule has 3 N–H and O–H groups in total. The van der Waals surface area contributed by atoms with Gasteiger partial charge in [-0.15, -0.1) is 0 Å². The number of nitrogen functional groups attached to an aromatic ring is 1. The highest BCUT2D eigenvalue weighted by molar-refractivity contribution is 6.40. The van der Waals surface area contributed by atoms with Crippen molar-refractivity contribution in [2.24, 2.45) is 0 Å². The van der Waals surface area contributed by atoms with Crippen molar-refractivity contribution in [2.45, 2.75) is 18.8 Å². The maximum Gasteiger partial charge on any atom is 0.512 e. The summed E-state index contributed by atoms with van der Waals surface area (Å²) in [5.41, 5.74) is 6.31. The Labute approximate surface area is 101 Å². The zero-order valence-electron chi connectivity index (χ0n) is 8.04. The normalized spacial score (nSPS) is 14.9. The molecule has 0 saturated heterocycles. The van der Waals surface area contributed by atoms with Crippen LogP contribution in [-0.2, 0) is 0 Å². The van der Waals surface area contributed by atoms with Crippen LogP contribution in [0.4, 0.5) is 10.5 Å². The summed E-state index contributed by atoms with van der Waals surface area (Å²) in [6.07, 6.45) is 0.429. The summed E-state index contributed by atoms with van der Waals surface area (Å²) in [6.45, 7) is 0. The van der Waals surface area contributed by atoms with Gasteiger partial charge in [0.05, 0.1) is 16.4 Å². The first kappa shape index (κ1) is 11.3. The lowest BCUT2D eigenvalue weighted by molar-refractivity contribution is 0.142. The van der Waals surface area contributed by atoms with Crippen molar-refractivity contribution in [3.63, 3.8) is 0 Å². The van der Waals surface area contributed by atoms with Crippen LogP contribution in [0.25, 0.3) is 0 Å². The van der Waals surface area contributed by atoms with Gasteiger partial charge >= 0.3 is 6.16 Å². The number of halogens is 2. The highest BCUT2D eigenvalue weighted by atomic mass is 35.5. The van der Waals surface area contributed by atoms with Gasteiger partial charge in [-0.3, -0.25) is 0 Å². The highest BCUT2D eigenvalue weighted by Gasteiger charge is 2.30. The van der Waals surface area contributed by atoms with Crippen LogP contribution in [0.1, 0.15) is 24.5 Å². The Balaban J connectivity index is 2.48. The fourth-order valence-corrected chi connectivity index (χ4v) is 1.85. The Morgan fingerprint density at radius 1 is 1.44 bits per heavy atom. The van der Waals surface area contributed by atoms with E-state index in [4.69, 9.17) is 34.0 Å². The number of aromatic nitrogens is 1. The number of anilines is 1. The van der Waals surface area contributed by atoms with Gasteiger partial charge in [0.15, 0.2) is 0 Å². The number of pyridine rings is 1. The van der Waals surface area contributed by atoms with Crippen LogP contribution in [0.3, 0.4) is 0 Å². The maximum absolute atomic E-state index is 10.4. The van der Waals surface area contributed by atoms with Crippen molar-refractivity contribution in [1.29, 1.82) is 0 Å². The SMILES string of the molecule is Nc1c(Cl)c(OC(=O)O)nc(C2CC2)c1Cl. The molecule has 5 nitrogen and oxygen atoms in total. The Kier molecular flexibility index (Phi) is 2.82. The minimum Gasteiger partial charge on any atom is -0.449 e. The molecule has 0 unspecified atom stereocenters. The second-order valence-electron chi connectivity index (χ2n) is 3.49. The molecule has 0 bridgehead atoms. The van der Waals surface area contributed by atoms with Gasteiger partial charge in [-0.2, -0.15) is 0 Å². The minimum atomic E-state index is -1.49. The predicted molar refractivity (Wildman–Crippen MR) is 59.3 cm³/mol. The molecule has 1 fully saturated rings. The molecule has 1 aromatic rings. The number of hydrogen-bond acceptors (Lipinski definition) is 4. The van der Waals surface area contributed by atoms with Crippen LogP contribution >= 0.6 is 23.2 Å². The summed E-state index contributed by atoms with van der Waals surface area (Å²) in [4.78, 5) is 14.4. The molecule has 1 aliphatic rings. The van der Waals surface area contributed by atoms with Gasteiger partial charge in [0.2, 0.25) is 5.88 Å². The van der Waals surface area contributed by atoms with Gasteiger partial charge in [-0.05, 0) is 12.8 Å². The number of carbonyl (C=O) groups is 1. The van der Waals surface area contributed by atoms with E-state index < -0.39 is 6.16 Å². The van der Waals surface area contributed by atoms with Crippen molar-refractivity contribution >= 4 is 35.0 Å². The Hall–Kier alpha value is -1.20. The topological polar surface area (TPSA) is 85.4 Å². The molecule has 2 rings (SSSR count). The van der Waals surface area contributed by atoms with E-state index in [0.29, 0.717) is 5.69 Å². The largest absolute Gasteiger partial charge is 0.512 e. The van der Waals surface area contributed by atoms with Crippen LogP contribution in [0.15, 0.2) is 0 Å². The Bertz CT molecular complexity index is 461. The summed E-state index contributed by atoms with van der Waals surface area (Å²) >= 11 is 11.7. The number of nitrogens with two attached hydrogens (primary N) is 1. The van der Waals surface area contributed by atoms with Gasteiger partial charge in [0.25, 0.3) is 0 Å². The third-order valence-corrected chi connectivity index (χ3v) is 3.02. The van der Waals surface area contributed by atoms with E-state index in [9.17, 15) is 4.79 Å². The molecule has 1 heterocycles. The third kappa shape index (κ3) is 2.01. The van der Waals surface area contributed by atoms with Gasteiger partial charge in [0.1, 0.15) is 5.02 Å². The number of carboxylic acid groups (broad SMARTS) is 1. The van der Waals surface area contributed by atoms with Crippen LogP contribution in [-0.4, -0.2) is 16.2 Å². The fourth-order valence-electron chi connectivity index (χ4n) is 1.33. The fraction of sp³-hybridized carbons (Fsp3) is 0.333. The van der Waals surface area contributed by atoms with Crippen LogP contribution in [0.2, 0.25) is 10.0 Å². The first-order valence-corrected chi connectivity index (χ1v) is 5.31. The predicted octanol–water partition coefficient (Wildman–Crippen LogP) is 2.90. The molecule has 0 radical (unpaired) electrons. The van der Waals surface area contributed by atoms with E-state index in [0.717, 1.165) is 12.8 Å². The summed E-state index contributed by atoms with van der Waals surface area (Å²) in [5.74, 6) is 0.0150. The third-order valence-electron chi connectivity index (χ3n) is 2.26. The smallest absolute Gasteiger partial charge is 0.449 e. The molecule has 0 aromatic carbocycles. The molecule has 1 saturated carbocycles. The van der Waals surface area contributed by atoms with E-state index >= 15 is 0 Å². The molecule has 1 aliphatic carbocycles. The second kappa shape index (κ2) is 3.99. The summed E-state index contributed by atoms with van der Waals surface area (Å²) in [6, 6.07) is 0. The van der Waals surface area contributed by atoms with Gasteiger partial charge in [0, 0.05) is 5.92 Å². The highest BCUT2D eigenvalue weighted by Crippen LogP contribution is 2.47. The minimum absolute atomic E-state index is 0.0724. The molecule has 0 atom stereocenters. The number of rotatable bonds is 2. The maximum atomic E-state index is 10.4. The van der Waals surface area contributed by atoms with E-state index in [2.05, 4.69) is 9.72 Å². The first-order chi connectivity index (χ1) is 7.50.